The third-order valence-corrected chi connectivity index (χ3v) is 5.66. The van der Waals surface area contributed by atoms with E-state index in [1.807, 2.05) is 12.1 Å². The number of nitrogens with zero attached hydrogens (tertiary/aromatic N) is 3. The predicted molar refractivity (Wildman–Crippen MR) is 114 cm³/mol. The van der Waals surface area contributed by atoms with E-state index in [2.05, 4.69) is 34.2 Å². The van der Waals surface area contributed by atoms with Crippen LogP contribution in [0.4, 0.5) is 5.69 Å². The van der Waals surface area contributed by atoms with Gasteiger partial charge >= 0.3 is 0 Å². The first-order valence-electron chi connectivity index (χ1n) is 10.3. The number of nitrogens with one attached hydrogen (secondary N) is 1. The van der Waals surface area contributed by atoms with Gasteiger partial charge in [0.2, 0.25) is 0 Å². The number of ether oxygens (including phenoxy) is 2. The molecular weight excluding hydrogens is 380 g/mol. The van der Waals surface area contributed by atoms with E-state index in [0.717, 1.165) is 43.4 Å². The number of nitriles is 1. The minimum absolute atomic E-state index is 0.113. The zero-order chi connectivity index (χ0) is 20.9. The van der Waals surface area contributed by atoms with Crippen molar-refractivity contribution in [2.75, 3.05) is 50.8 Å². The standard InChI is InChI=1S/C23H26N4O3/c1-17(16-25-23(28)19-7-5-18(15-24)6-8-19)26-9-11-27(12-10-26)20-3-2-4-21-22(20)30-14-13-29-21/h2-8,17H,9-14,16H2,1H3,(H,25,28)/t17-/m0/s1. The molecule has 156 valence electrons. The number of piperazine rings is 1. The fourth-order valence-corrected chi connectivity index (χ4v) is 3.88. The van der Waals surface area contributed by atoms with Gasteiger partial charge in [0.15, 0.2) is 11.5 Å². The van der Waals surface area contributed by atoms with Crippen LogP contribution in [-0.2, 0) is 0 Å². The number of amides is 1. The Morgan fingerprint density at radius 1 is 1.10 bits per heavy atom. The molecule has 2 aliphatic rings. The van der Waals surface area contributed by atoms with E-state index in [0.29, 0.717) is 30.9 Å². The second-order valence-corrected chi connectivity index (χ2v) is 7.57. The average Bonchev–Trinajstić information content (AvgIpc) is 2.82. The van der Waals surface area contributed by atoms with E-state index in [-0.39, 0.29) is 11.9 Å². The molecule has 1 amide bonds. The Bertz CT molecular complexity index is 930. The van der Waals surface area contributed by atoms with Crippen molar-refractivity contribution in [2.24, 2.45) is 0 Å². The molecule has 0 unspecified atom stereocenters. The number of benzene rings is 2. The van der Waals surface area contributed by atoms with Crippen LogP contribution in [0.5, 0.6) is 11.5 Å². The zero-order valence-electron chi connectivity index (χ0n) is 17.1. The third kappa shape index (κ3) is 4.34. The number of rotatable bonds is 5. The molecule has 0 radical (unpaired) electrons. The van der Waals surface area contributed by atoms with Gasteiger partial charge in [-0.2, -0.15) is 5.26 Å². The molecule has 7 heteroatoms. The highest BCUT2D eigenvalue weighted by Gasteiger charge is 2.25. The smallest absolute Gasteiger partial charge is 0.251 e. The van der Waals surface area contributed by atoms with E-state index in [1.54, 1.807) is 24.3 Å². The molecule has 0 bridgehead atoms. The summed E-state index contributed by atoms with van der Waals surface area (Å²) in [5, 5.41) is 11.9. The molecule has 1 fully saturated rings. The fraction of sp³-hybridized carbons (Fsp3) is 0.391. The Hall–Kier alpha value is -3.24. The Kier molecular flexibility index (Phi) is 6.05. The minimum Gasteiger partial charge on any atom is -0.486 e. The number of fused-ring (bicyclic) bond motifs is 1. The number of hydrogen-bond acceptors (Lipinski definition) is 6. The lowest BCUT2D eigenvalue weighted by Crippen LogP contribution is -2.52. The lowest BCUT2D eigenvalue weighted by atomic mass is 10.1. The van der Waals surface area contributed by atoms with Crippen molar-refractivity contribution >= 4 is 11.6 Å². The van der Waals surface area contributed by atoms with Crippen molar-refractivity contribution in [3.8, 4) is 17.6 Å². The van der Waals surface area contributed by atoms with Crippen LogP contribution in [0.25, 0.3) is 0 Å². The van der Waals surface area contributed by atoms with Gasteiger partial charge in [0.25, 0.3) is 5.91 Å². The molecule has 0 aliphatic carbocycles. The van der Waals surface area contributed by atoms with E-state index < -0.39 is 0 Å². The highest BCUT2D eigenvalue weighted by Crippen LogP contribution is 2.39. The van der Waals surface area contributed by atoms with Crippen LogP contribution in [0.15, 0.2) is 42.5 Å². The van der Waals surface area contributed by atoms with Crippen LogP contribution >= 0.6 is 0 Å². The summed E-state index contributed by atoms with van der Waals surface area (Å²) in [7, 11) is 0. The van der Waals surface area contributed by atoms with Crippen LogP contribution in [0.3, 0.4) is 0 Å². The van der Waals surface area contributed by atoms with Crippen molar-refractivity contribution in [1.82, 2.24) is 10.2 Å². The summed E-state index contributed by atoms with van der Waals surface area (Å²) in [5.41, 5.74) is 2.21. The van der Waals surface area contributed by atoms with Gasteiger partial charge in [-0.1, -0.05) is 6.07 Å². The molecule has 2 aromatic rings. The number of anilines is 1. The maximum atomic E-state index is 12.4. The molecular formula is C23H26N4O3. The van der Waals surface area contributed by atoms with Crippen molar-refractivity contribution in [1.29, 1.82) is 5.26 Å². The maximum absolute atomic E-state index is 12.4. The van der Waals surface area contributed by atoms with Crippen LogP contribution in [0, 0.1) is 11.3 Å². The molecule has 1 saturated heterocycles. The first-order chi connectivity index (χ1) is 14.7. The molecule has 1 N–H and O–H groups in total. The fourth-order valence-electron chi connectivity index (χ4n) is 3.88. The highest BCUT2D eigenvalue weighted by molar-refractivity contribution is 5.94. The van der Waals surface area contributed by atoms with Gasteiger partial charge < -0.3 is 19.7 Å². The average molecular weight is 406 g/mol. The normalized spacial score (nSPS) is 17.1. The summed E-state index contributed by atoms with van der Waals surface area (Å²) < 4.78 is 11.6. The summed E-state index contributed by atoms with van der Waals surface area (Å²) in [6, 6.07) is 15.0. The van der Waals surface area contributed by atoms with Gasteiger partial charge in [-0.15, -0.1) is 0 Å². The first kappa shape index (κ1) is 20.0. The monoisotopic (exact) mass is 406 g/mol. The van der Waals surface area contributed by atoms with Crippen LogP contribution < -0.4 is 19.7 Å². The van der Waals surface area contributed by atoms with E-state index in [9.17, 15) is 4.79 Å². The van der Waals surface area contributed by atoms with Gasteiger partial charge in [-0.05, 0) is 43.3 Å². The van der Waals surface area contributed by atoms with Crippen molar-refractivity contribution in [3.05, 3.63) is 53.6 Å². The lowest BCUT2D eigenvalue weighted by Gasteiger charge is -2.40. The number of para-hydroxylation sites is 1. The largest absolute Gasteiger partial charge is 0.486 e. The Morgan fingerprint density at radius 2 is 1.83 bits per heavy atom. The van der Waals surface area contributed by atoms with E-state index in [1.165, 1.54) is 0 Å². The minimum atomic E-state index is -0.113. The topological polar surface area (TPSA) is 77.8 Å². The SMILES string of the molecule is C[C@@H](CNC(=O)c1ccc(C#N)cc1)N1CCN(c2cccc3c2OCCO3)CC1. The molecule has 4 rings (SSSR count). The second kappa shape index (κ2) is 9.06. The van der Waals surface area contributed by atoms with Gasteiger partial charge in [-0.25, -0.2) is 0 Å². The van der Waals surface area contributed by atoms with Crippen LogP contribution in [0.1, 0.15) is 22.8 Å². The Morgan fingerprint density at radius 3 is 2.57 bits per heavy atom. The van der Waals surface area contributed by atoms with Crippen LogP contribution in [0.2, 0.25) is 0 Å². The van der Waals surface area contributed by atoms with Gasteiger partial charge in [0, 0.05) is 44.3 Å². The Labute approximate surface area is 176 Å². The van der Waals surface area contributed by atoms with Gasteiger partial charge in [0.1, 0.15) is 13.2 Å². The third-order valence-electron chi connectivity index (χ3n) is 5.66. The van der Waals surface area contributed by atoms with Gasteiger partial charge in [-0.3, -0.25) is 9.69 Å². The van der Waals surface area contributed by atoms with Crippen molar-refractivity contribution < 1.29 is 14.3 Å². The van der Waals surface area contributed by atoms with Crippen molar-refractivity contribution in [2.45, 2.75) is 13.0 Å². The molecule has 0 saturated carbocycles. The molecule has 0 aromatic heterocycles. The summed E-state index contributed by atoms with van der Waals surface area (Å²) in [6.07, 6.45) is 0. The zero-order valence-corrected chi connectivity index (χ0v) is 17.1. The summed E-state index contributed by atoms with van der Waals surface area (Å²) in [6.45, 7) is 7.51. The quantitative estimate of drug-likeness (QED) is 0.821. The second-order valence-electron chi connectivity index (χ2n) is 7.57. The molecule has 2 aromatic carbocycles. The van der Waals surface area contributed by atoms with Crippen molar-refractivity contribution in [3.63, 3.8) is 0 Å². The van der Waals surface area contributed by atoms with Gasteiger partial charge in [0.05, 0.1) is 17.3 Å². The summed E-state index contributed by atoms with van der Waals surface area (Å²) in [4.78, 5) is 17.1. The predicted octanol–water partition coefficient (Wildman–Crippen LogP) is 2.27. The first-order valence-corrected chi connectivity index (χ1v) is 10.3. The summed E-state index contributed by atoms with van der Waals surface area (Å²) >= 11 is 0. The van der Waals surface area contributed by atoms with E-state index >= 15 is 0 Å². The number of hydrogen-bond donors (Lipinski definition) is 1. The number of carbonyl (C=O) groups excluding carboxylic acids is 1. The molecule has 0 spiro atoms. The van der Waals surface area contributed by atoms with Crippen LogP contribution in [-0.4, -0.2) is 62.8 Å². The lowest BCUT2D eigenvalue weighted by molar-refractivity contribution is 0.0934. The summed E-state index contributed by atoms with van der Waals surface area (Å²) in [5.74, 6) is 1.55. The molecule has 2 aliphatic heterocycles. The maximum Gasteiger partial charge on any atom is 0.251 e. The Balaban J connectivity index is 1.29. The molecule has 30 heavy (non-hydrogen) atoms. The van der Waals surface area contributed by atoms with E-state index in [4.69, 9.17) is 14.7 Å². The molecule has 7 nitrogen and oxygen atoms in total. The number of carbonyl (C=O) groups is 1. The molecule has 1 atom stereocenters. The molecule has 2 heterocycles. The highest BCUT2D eigenvalue weighted by atomic mass is 16.6.